The van der Waals surface area contributed by atoms with E-state index in [1.54, 1.807) is 6.07 Å². The molecule has 1 amide bonds. The number of hydrogen-bond donors (Lipinski definition) is 2. The highest BCUT2D eigenvalue weighted by molar-refractivity contribution is 6.41. The Morgan fingerprint density at radius 3 is 2.84 bits per heavy atom. The van der Waals surface area contributed by atoms with Gasteiger partial charge in [0.1, 0.15) is 10.8 Å². The number of nitrogens with zero attached hydrogens (tertiary/aromatic N) is 1. The zero-order chi connectivity index (χ0) is 14.0. The van der Waals surface area contributed by atoms with Crippen molar-refractivity contribution in [3.8, 4) is 0 Å². The Hall–Kier alpha value is -0.710. The van der Waals surface area contributed by atoms with Crippen molar-refractivity contribution in [2.24, 2.45) is 11.7 Å². The molecule has 6 heteroatoms. The number of halogens is 2. The maximum absolute atomic E-state index is 12.5. The summed E-state index contributed by atoms with van der Waals surface area (Å²) >= 11 is 11.7. The summed E-state index contributed by atoms with van der Waals surface area (Å²) in [5.41, 5.74) is 6.24. The van der Waals surface area contributed by atoms with E-state index >= 15 is 0 Å². The number of hydrogen-bond acceptors (Lipinski definition) is 2. The van der Waals surface area contributed by atoms with Crippen molar-refractivity contribution in [3.63, 3.8) is 0 Å². The summed E-state index contributed by atoms with van der Waals surface area (Å²) in [4.78, 5) is 17.1. The summed E-state index contributed by atoms with van der Waals surface area (Å²) in [6.45, 7) is 3.41. The number of likely N-dealkylation sites (tertiary alicyclic amines) is 1. The third kappa shape index (κ3) is 3.07. The van der Waals surface area contributed by atoms with Crippen molar-refractivity contribution in [2.45, 2.75) is 32.2 Å². The van der Waals surface area contributed by atoms with Gasteiger partial charge in [-0.25, -0.2) is 0 Å². The number of rotatable bonds is 3. The van der Waals surface area contributed by atoms with Gasteiger partial charge < -0.3 is 15.6 Å². The van der Waals surface area contributed by atoms with Crippen molar-refractivity contribution < 1.29 is 4.79 Å². The molecule has 1 fully saturated rings. The number of carbonyl (C=O) groups excluding carboxylic acids is 1. The molecule has 0 aliphatic carbocycles. The quantitative estimate of drug-likeness (QED) is 0.902. The average molecular weight is 304 g/mol. The van der Waals surface area contributed by atoms with Crippen molar-refractivity contribution in [2.75, 3.05) is 13.1 Å². The van der Waals surface area contributed by atoms with Gasteiger partial charge in [-0.15, -0.1) is 0 Å². The summed E-state index contributed by atoms with van der Waals surface area (Å²) in [6.07, 6.45) is 3.14. The predicted molar refractivity (Wildman–Crippen MR) is 77.7 cm³/mol. The van der Waals surface area contributed by atoms with Gasteiger partial charge in [0, 0.05) is 19.1 Å². The minimum atomic E-state index is -0.0706. The first-order valence-electron chi connectivity index (χ1n) is 6.61. The van der Waals surface area contributed by atoms with Crippen molar-refractivity contribution in [1.82, 2.24) is 9.88 Å². The molecular formula is C13H19Cl2N3O. The van der Waals surface area contributed by atoms with Gasteiger partial charge in [-0.05, 0) is 24.8 Å². The zero-order valence-electron chi connectivity index (χ0n) is 11.0. The highest BCUT2D eigenvalue weighted by Gasteiger charge is 2.31. The highest BCUT2D eigenvalue weighted by atomic mass is 35.5. The van der Waals surface area contributed by atoms with Crippen LogP contribution in [0.2, 0.25) is 10.2 Å². The lowest BCUT2D eigenvalue weighted by atomic mass is 9.88. The van der Waals surface area contributed by atoms with Gasteiger partial charge >= 0.3 is 0 Å². The second-order valence-electron chi connectivity index (χ2n) is 5.03. The molecule has 0 spiro atoms. The molecule has 1 aliphatic heterocycles. The van der Waals surface area contributed by atoms with Crippen LogP contribution in [0.25, 0.3) is 0 Å². The number of aromatic amines is 1. The fourth-order valence-corrected chi connectivity index (χ4v) is 2.98. The number of H-pyrrole nitrogens is 1. The Balaban J connectivity index is 2.14. The largest absolute Gasteiger partial charge is 0.340 e. The van der Waals surface area contributed by atoms with Crippen LogP contribution in [-0.2, 0) is 0 Å². The summed E-state index contributed by atoms with van der Waals surface area (Å²) in [6, 6.07) is 1.68. The van der Waals surface area contributed by atoms with Gasteiger partial charge in [0.2, 0.25) is 0 Å². The summed E-state index contributed by atoms with van der Waals surface area (Å²) in [5.74, 6) is 0.590. The second kappa shape index (κ2) is 6.16. The zero-order valence-corrected chi connectivity index (χ0v) is 12.5. The van der Waals surface area contributed by atoms with Crippen molar-refractivity contribution >= 4 is 29.1 Å². The Morgan fingerprint density at radius 2 is 2.32 bits per heavy atom. The Kier molecular flexibility index (Phi) is 4.76. The van der Waals surface area contributed by atoms with E-state index in [0.717, 1.165) is 25.8 Å². The van der Waals surface area contributed by atoms with E-state index in [4.69, 9.17) is 28.9 Å². The first kappa shape index (κ1) is 14.7. The van der Waals surface area contributed by atoms with Gasteiger partial charge in [-0.1, -0.05) is 36.5 Å². The monoisotopic (exact) mass is 303 g/mol. The fraction of sp³-hybridized carbons (Fsp3) is 0.615. The molecule has 2 heterocycles. The molecule has 0 bridgehead atoms. The fourth-order valence-electron chi connectivity index (χ4n) is 2.67. The molecule has 2 unspecified atom stereocenters. The minimum absolute atomic E-state index is 0.0706. The van der Waals surface area contributed by atoms with Gasteiger partial charge in [-0.3, -0.25) is 4.79 Å². The first-order valence-corrected chi connectivity index (χ1v) is 7.37. The SMILES string of the molecule is CCC1CCN(C(=O)c2cc(Cl)c(Cl)[nH]2)C(CN)C1. The molecule has 0 radical (unpaired) electrons. The number of amides is 1. The van der Waals surface area contributed by atoms with Crippen LogP contribution in [0.4, 0.5) is 0 Å². The van der Waals surface area contributed by atoms with E-state index in [1.807, 2.05) is 4.90 Å². The Bertz CT molecular complexity index is 441. The van der Waals surface area contributed by atoms with E-state index < -0.39 is 0 Å². The molecule has 2 atom stereocenters. The number of nitrogens with one attached hydrogen (secondary N) is 1. The summed E-state index contributed by atoms with van der Waals surface area (Å²) in [7, 11) is 0. The molecule has 106 valence electrons. The minimum Gasteiger partial charge on any atom is -0.340 e. The van der Waals surface area contributed by atoms with Gasteiger partial charge in [-0.2, -0.15) is 0 Å². The van der Waals surface area contributed by atoms with Gasteiger partial charge in [0.15, 0.2) is 0 Å². The van der Waals surface area contributed by atoms with Gasteiger partial charge in [0.05, 0.1) is 5.02 Å². The molecule has 1 aliphatic rings. The van der Waals surface area contributed by atoms with Crippen molar-refractivity contribution in [3.05, 3.63) is 21.9 Å². The van der Waals surface area contributed by atoms with E-state index in [2.05, 4.69) is 11.9 Å². The van der Waals surface area contributed by atoms with Crippen LogP contribution in [0.1, 0.15) is 36.7 Å². The highest BCUT2D eigenvalue weighted by Crippen LogP contribution is 2.28. The molecule has 4 nitrogen and oxygen atoms in total. The number of nitrogens with two attached hydrogens (primary N) is 1. The Morgan fingerprint density at radius 1 is 1.58 bits per heavy atom. The van der Waals surface area contributed by atoms with E-state index in [1.165, 1.54) is 0 Å². The third-order valence-electron chi connectivity index (χ3n) is 3.89. The molecular weight excluding hydrogens is 285 g/mol. The molecule has 19 heavy (non-hydrogen) atoms. The maximum atomic E-state index is 12.5. The van der Waals surface area contributed by atoms with Crippen LogP contribution < -0.4 is 5.73 Å². The molecule has 2 rings (SSSR count). The third-order valence-corrected chi connectivity index (χ3v) is 4.58. The molecule has 0 aromatic carbocycles. The molecule has 3 N–H and O–H groups in total. The van der Waals surface area contributed by atoms with E-state index in [9.17, 15) is 4.79 Å². The normalized spacial score (nSPS) is 23.7. The van der Waals surface area contributed by atoms with E-state index in [0.29, 0.717) is 28.3 Å². The average Bonchev–Trinajstić information content (AvgIpc) is 2.77. The number of aromatic nitrogens is 1. The van der Waals surface area contributed by atoms with Crippen LogP contribution in [-0.4, -0.2) is 34.9 Å². The number of carbonyl (C=O) groups is 1. The topological polar surface area (TPSA) is 62.1 Å². The van der Waals surface area contributed by atoms with Crippen LogP contribution in [0.5, 0.6) is 0 Å². The van der Waals surface area contributed by atoms with Crippen molar-refractivity contribution in [1.29, 1.82) is 0 Å². The molecule has 0 saturated carbocycles. The smallest absolute Gasteiger partial charge is 0.270 e. The lowest BCUT2D eigenvalue weighted by Crippen LogP contribution is -2.49. The lowest BCUT2D eigenvalue weighted by molar-refractivity contribution is 0.0553. The van der Waals surface area contributed by atoms with Gasteiger partial charge in [0.25, 0.3) is 5.91 Å². The van der Waals surface area contributed by atoms with Crippen LogP contribution in [0.3, 0.4) is 0 Å². The second-order valence-corrected chi connectivity index (χ2v) is 5.82. The van der Waals surface area contributed by atoms with Crippen LogP contribution in [0, 0.1) is 5.92 Å². The first-order chi connectivity index (χ1) is 9.06. The summed E-state index contributed by atoms with van der Waals surface area (Å²) in [5, 5.41) is 0.676. The molecule has 1 aromatic rings. The van der Waals surface area contributed by atoms with Crippen LogP contribution in [0.15, 0.2) is 6.07 Å². The Labute approximate surface area is 123 Å². The number of piperidine rings is 1. The lowest BCUT2D eigenvalue weighted by Gasteiger charge is -2.38. The maximum Gasteiger partial charge on any atom is 0.270 e. The predicted octanol–water partition coefficient (Wildman–Crippen LogP) is 2.91. The van der Waals surface area contributed by atoms with Crippen LogP contribution >= 0.6 is 23.2 Å². The summed E-state index contributed by atoms with van der Waals surface area (Å²) < 4.78 is 0. The molecule has 1 aromatic heterocycles. The standard InChI is InChI=1S/C13H19Cl2N3O/c1-2-8-3-4-18(9(5-8)7-16)13(19)11-6-10(14)12(15)17-11/h6,8-9,17H,2-5,7,16H2,1H3. The van der Waals surface area contributed by atoms with E-state index in [-0.39, 0.29) is 11.9 Å². The molecule has 1 saturated heterocycles.